The van der Waals surface area contributed by atoms with E-state index in [2.05, 4.69) is 10.6 Å². The summed E-state index contributed by atoms with van der Waals surface area (Å²) in [5.41, 5.74) is 6.05. The minimum absolute atomic E-state index is 0. The molecule has 0 aliphatic rings. The Hall–Kier alpha value is -1.30. The average Bonchev–Trinajstić information content (AvgIpc) is 2.36. The van der Waals surface area contributed by atoms with Crippen molar-refractivity contribution in [3.63, 3.8) is 0 Å². The van der Waals surface area contributed by atoms with Gasteiger partial charge in [-0.1, -0.05) is 23.7 Å². The van der Waals surface area contributed by atoms with Gasteiger partial charge in [-0.25, -0.2) is 0 Å². The van der Waals surface area contributed by atoms with Crippen molar-refractivity contribution in [1.29, 1.82) is 0 Å². The van der Waals surface area contributed by atoms with Crippen molar-refractivity contribution in [2.24, 2.45) is 5.73 Å². The number of nitrogens with two attached hydrogens (primary N) is 1. The lowest BCUT2D eigenvalue weighted by molar-refractivity contribution is -0.125. The van der Waals surface area contributed by atoms with E-state index in [1.54, 1.807) is 12.1 Å². The predicted molar refractivity (Wildman–Crippen MR) is 77.3 cm³/mol. The second-order valence-corrected chi connectivity index (χ2v) is 4.26. The standard InChI is InChI=1S/C12H16ClN3O2.ClH/c1-8(9-2-4-10(13)5-3-9)16-12(18)7-15-11(17)6-14;/h2-5,8H,6-7,14H2,1H3,(H,15,17)(H,16,18);1H. The SMILES string of the molecule is CC(NC(=O)CNC(=O)CN)c1ccc(Cl)cc1.Cl. The summed E-state index contributed by atoms with van der Waals surface area (Å²) in [5, 5.41) is 5.80. The fourth-order valence-corrected chi connectivity index (χ4v) is 1.50. The molecule has 0 aliphatic heterocycles. The Morgan fingerprint density at radius 2 is 1.84 bits per heavy atom. The fraction of sp³-hybridized carbons (Fsp3) is 0.333. The van der Waals surface area contributed by atoms with Crippen LogP contribution in [0.5, 0.6) is 0 Å². The summed E-state index contributed by atoms with van der Waals surface area (Å²) in [7, 11) is 0. The van der Waals surface area contributed by atoms with Gasteiger partial charge in [0.15, 0.2) is 0 Å². The van der Waals surface area contributed by atoms with Crippen LogP contribution in [0.2, 0.25) is 5.02 Å². The van der Waals surface area contributed by atoms with Crippen LogP contribution in [0, 0.1) is 0 Å². The van der Waals surface area contributed by atoms with Gasteiger partial charge in [-0.05, 0) is 24.6 Å². The molecule has 7 heteroatoms. The molecule has 5 nitrogen and oxygen atoms in total. The van der Waals surface area contributed by atoms with Gasteiger partial charge in [0.2, 0.25) is 11.8 Å². The molecule has 0 saturated carbocycles. The van der Waals surface area contributed by atoms with E-state index in [9.17, 15) is 9.59 Å². The molecule has 0 heterocycles. The van der Waals surface area contributed by atoms with E-state index in [0.717, 1.165) is 5.56 Å². The summed E-state index contributed by atoms with van der Waals surface area (Å²) < 4.78 is 0. The van der Waals surface area contributed by atoms with E-state index in [0.29, 0.717) is 5.02 Å². The highest BCUT2D eigenvalue weighted by molar-refractivity contribution is 6.30. The molecule has 1 aromatic rings. The second kappa shape index (κ2) is 8.74. The van der Waals surface area contributed by atoms with Gasteiger partial charge in [0.1, 0.15) is 0 Å². The van der Waals surface area contributed by atoms with Crippen molar-refractivity contribution >= 4 is 35.8 Å². The predicted octanol–water partition coefficient (Wildman–Crippen LogP) is 1.01. The molecular weight excluding hydrogens is 289 g/mol. The summed E-state index contributed by atoms with van der Waals surface area (Å²) in [6, 6.07) is 7.05. The van der Waals surface area contributed by atoms with E-state index in [1.807, 2.05) is 19.1 Å². The molecule has 2 amide bonds. The zero-order valence-electron chi connectivity index (χ0n) is 10.5. The third-order valence-corrected chi connectivity index (χ3v) is 2.63. The molecule has 0 saturated heterocycles. The lowest BCUT2D eigenvalue weighted by Crippen LogP contribution is -2.40. The average molecular weight is 306 g/mol. The van der Waals surface area contributed by atoms with Crippen molar-refractivity contribution < 1.29 is 9.59 Å². The summed E-state index contributed by atoms with van der Waals surface area (Å²) >= 11 is 5.78. The summed E-state index contributed by atoms with van der Waals surface area (Å²) in [6.45, 7) is 1.65. The summed E-state index contributed by atoms with van der Waals surface area (Å²) in [6.07, 6.45) is 0. The van der Waals surface area contributed by atoms with Crippen LogP contribution in [-0.2, 0) is 9.59 Å². The molecule has 1 unspecified atom stereocenters. The van der Waals surface area contributed by atoms with Gasteiger partial charge in [0, 0.05) is 5.02 Å². The zero-order chi connectivity index (χ0) is 13.5. The van der Waals surface area contributed by atoms with Gasteiger partial charge in [0.05, 0.1) is 19.1 Å². The van der Waals surface area contributed by atoms with Crippen molar-refractivity contribution in [1.82, 2.24) is 10.6 Å². The lowest BCUT2D eigenvalue weighted by atomic mass is 10.1. The number of carbonyl (C=O) groups is 2. The van der Waals surface area contributed by atoms with E-state index in [1.165, 1.54) is 0 Å². The summed E-state index contributed by atoms with van der Waals surface area (Å²) in [5.74, 6) is -0.622. The topological polar surface area (TPSA) is 84.2 Å². The summed E-state index contributed by atoms with van der Waals surface area (Å²) in [4.78, 5) is 22.4. The van der Waals surface area contributed by atoms with E-state index in [4.69, 9.17) is 17.3 Å². The molecule has 1 atom stereocenters. The number of hydrogen-bond acceptors (Lipinski definition) is 3. The molecule has 0 aromatic heterocycles. The van der Waals surface area contributed by atoms with Crippen LogP contribution in [0.25, 0.3) is 0 Å². The first-order chi connectivity index (χ1) is 8.52. The monoisotopic (exact) mass is 305 g/mol. The van der Waals surface area contributed by atoms with Crippen LogP contribution in [0.3, 0.4) is 0 Å². The molecule has 0 fully saturated rings. The highest BCUT2D eigenvalue weighted by Crippen LogP contribution is 2.15. The highest BCUT2D eigenvalue weighted by Gasteiger charge is 2.09. The van der Waals surface area contributed by atoms with Crippen molar-refractivity contribution in [3.8, 4) is 0 Å². The zero-order valence-corrected chi connectivity index (χ0v) is 12.1. The van der Waals surface area contributed by atoms with Crippen molar-refractivity contribution in [3.05, 3.63) is 34.9 Å². The first-order valence-electron chi connectivity index (χ1n) is 5.54. The maximum atomic E-state index is 11.5. The maximum absolute atomic E-state index is 11.5. The molecule has 1 rings (SSSR count). The fourth-order valence-electron chi connectivity index (χ4n) is 1.38. The third-order valence-electron chi connectivity index (χ3n) is 2.38. The second-order valence-electron chi connectivity index (χ2n) is 3.82. The Balaban J connectivity index is 0.00000324. The molecular formula is C12H17Cl2N3O2. The van der Waals surface area contributed by atoms with Gasteiger partial charge in [-0.2, -0.15) is 0 Å². The van der Waals surface area contributed by atoms with Crippen molar-refractivity contribution in [2.75, 3.05) is 13.1 Å². The van der Waals surface area contributed by atoms with E-state index in [-0.39, 0.29) is 43.4 Å². The Morgan fingerprint density at radius 3 is 2.37 bits per heavy atom. The molecule has 19 heavy (non-hydrogen) atoms. The van der Waals surface area contributed by atoms with Crippen LogP contribution in [0.15, 0.2) is 24.3 Å². The molecule has 0 radical (unpaired) electrons. The number of rotatable bonds is 5. The number of benzene rings is 1. The number of hydrogen-bond donors (Lipinski definition) is 3. The Bertz CT molecular complexity index is 423. The van der Waals surface area contributed by atoms with Crippen molar-refractivity contribution in [2.45, 2.75) is 13.0 Å². The normalized spacial score (nSPS) is 11.1. The Labute approximate surface area is 123 Å². The maximum Gasteiger partial charge on any atom is 0.239 e. The largest absolute Gasteiger partial charge is 0.348 e. The van der Waals surface area contributed by atoms with Crippen LogP contribution in [-0.4, -0.2) is 24.9 Å². The first kappa shape index (κ1) is 17.7. The van der Waals surface area contributed by atoms with Gasteiger partial charge < -0.3 is 16.4 Å². The smallest absolute Gasteiger partial charge is 0.239 e. The Kier molecular flexibility index (Phi) is 8.14. The van der Waals surface area contributed by atoms with Crippen LogP contribution in [0.4, 0.5) is 0 Å². The number of carbonyl (C=O) groups excluding carboxylic acids is 2. The van der Waals surface area contributed by atoms with Crippen LogP contribution >= 0.6 is 24.0 Å². The van der Waals surface area contributed by atoms with Crippen LogP contribution < -0.4 is 16.4 Å². The number of halogens is 2. The first-order valence-corrected chi connectivity index (χ1v) is 5.92. The minimum atomic E-state index is -0.357. The van der Waals surface area contributed by atoms with Gasteiger partial charge in [-0.3, -0.25) is 9.59 Å². The van der Waals surface area contributed by atoms with E-state index >= 15 is 0 Å². The molecule has 1 aromatic carbocycles. The van der Waals surface area contributed by atoms with Gasteiger partial charge in [-0.15, -0.1) is 12.4 Å². The van der Waals surface area contributed by atoms with Gasteiger partial charge >= 0.3 is 0 Å². The quantitative estimate of drug-likeness (QED) is 0.759. The Morgan fingerprint density at radius 1 is 1.26 bits per heavy atom. The number of amides is 2. The minimum Gasteiger partial charge on any atom is -0.348 e. The molecule has 0 aliphatic carbocycles. The number of nitrogens with one attached hydrogen (secondary N) is 2. The lowest BCUT2D eigenvalue weighted by Gasteiger charge is -2.14. The van der Waals surface area contributed by atoms with Crippen LogP contribution in [0.1, 0.15) is 18.5 Å². The molecule has 0 bridgehead atoms. The highest BCUT2D eigenvalue weighted by atomic mass is 35.5. The van der Waals surface area contributed by atoms with Gasteiger partial charge in [0.25, 0.3) is 0 Å². The van der Waals surface area contributed by atoms with E-state index < -0.39 is 0 Å². The molecule has 106 valence electrons. The molecule has 4 N–H and O–H groups in total. The molecule has 0 spiro atoms. The third kappa shape index (κ3) is 6.42.